The van der Waals surface area contributed by atoms with Crippen molar-refractivity contribution in [3.63, 3.8) is 0 Å². The van der Waals surface area contributed by atoms with Crippen LogP contribution in [0.4, 0.5) is 5.69 Å². The summed E-state index contributed by atoms with van der Waals surface area (Å²) >= 11 is 9.39. The van der Waals surface area contributed by atoms with E-state index in [0.717, 1.165) is 9.87 Å². The van der Waals surface area contributed by atoms with Crippen molar-refractivity contribution in [2.75, 3.05) is 17.5 Å². The number of benzene rings is 3. The van der Waals surface area contributed by atoms with Crippen molar-refractivity contribution in [3.05, 3.63) is 87.9 Å². The lowest BCUT2D eigenvalue weighted by Crippen LogP contribution is -2.54. The number of anilines is 1. The maximum Gasteiger partial charge on any atom is 0.264 e. The maximum absolute atomic E-state index is 14.0. The number of nitrogens with one attached hydrogen (secondary N) is 1. The number of hydrogen-bond acceptors (Lipinski definition) is 5. The molecule has 0 saturated heterocycles. The quantitative estimate of drug-likeness (QED) is 0.270. The van der Waals surface area contributed by atoms with Crippen molar-refractivity contribution in [2.45, 2.75) is 57.6 Å². The first-order valence-electron chi connectivity index (χ1n) is 13.1. The molecule has 0 fully saturated rings. The highest BCUT2D eigenvalue weighted by Gasteiger charge is 2.33. The molecule has 0 saturated carbocycles. The third-order valence-electron chi connectivity index (χ3n) is 6.05. The standard InChI is InChI=1S/C30H35BrClN3O5S/c1-6-40-26-15-13-25(14-16-26)35(41(38,39)27-17-9-23(31)10-18-27)20-28(36)34(19-22-7-11-24(32)12-8-22)21(2)29(37)33-30(3,4)5/h7-18,21H,6,19-20H2,1-5H3,(H,33,37)/t21-/m1/s1. The fourth-order valence-electron chi connectivity index (χ4n) is 3.98. The fourth-order valence-corrected chi connectivity index (χ4v) is 5.79. The zero-order valence-corrected chi connectivity index (χ0v) is 26.9. The fraction of sp³-hybridized carbons (Fsp3) is 0.333. The van der Waals surface area contributed by atoms with Crippen LogP contribution in [0.2, 0.25) is 5.02 Å². The predicted molar refractivity (Wildman–Crippen MR) is 166 cm³/mol. The van der Waals surface area contributed by atoms with Gasteiger partial charge in [0.25, 0.3) is 10.0 Å². The lowest BCUT2D eigenvalue weighted by molar-refractivity contribution is -0.140. The van der Waals surface area contributed by atoms with Crippen molar-refractivity contribution in [3.8, 4) is 5.75 Å². The summed E-state index contributed by atoms with van der Waals surface area (Å²) in [5.74, 6) is -0.338. The van der Waals surface area contributed by atoms with Crippen molar-refractivity contribution < 1.29 is 22.7 Å². The average Bonchev–Trinajstić information content (AvgIpc) is 2.91. The van der Waals surface area contributed by atoms with Crippen molar-refractivity contribution in [1.29, 1.82) is 0 Å². The molecule has 3 aromatic carbocycles. The van der Waals surface area contributed by atoms with Gasteiger partial charge in [-0.25, -0.2) is 8.42 Å². The smallest absolute Gasteiger partial charge is 0.264 e. The summed E-state index contributed by atoms with van der Waals surface area (Å²) in [6, 6.07) is 18.7. The summed E-state index contributed by atoms with van der Waals surface area (Å²) in [6.45, 7) is 9.01. The van der Waals surface area contributed by atoms with E-state index >= 15 is 0 Å². The van der Waals surface area contributed by atoms with Gasteiger partial charge in [0.2, 0.25) is 11.8 Å². The molecule has 0 radical (unpaired) electrons. The first-order chi connectivity index (χ1) is 19.2. The minimum atomic E-state index is -4.17. The monoisotopic (exact) mass is 663 g/mol. The molecular formula is C30H35BrClN3O5S. The molecule has 0 aliphatic carbocycles. The molecule has 2 amide bonds. The Labute approximate surface area is 255 Å². The van der Waals surface area contributed by atoms with Crippen LogP contribution >= 0.6 is 27.5 Å². The summed E-state index contributed by atoms with van der Waals surface area (Å²) in [5, 5.41) is 3.44. The molecule has 0 unspecified atom stereocenters. The largest absolute Gasteiger partial charge is 0.494 e. The van der Waals surface area contributed by atoms with Gasteiger partial charge in [0.05, 0.1) is 17.2 Å². The van der Waals surface area contributed by atoms with Crippen molar-refractivity contribution >= 4 is 55.1 Å². The van der Waals surface area contributed by atoms with Gasteiger partial charge in [0, 0.05) is 21.6 Å². The van der Waals surface area contributed by atoms with E-state index in [1.165, 1.54) is 17.0 Å². The van der Waals surface area contributed by atoms with Gasteiger partial charge in [0.15, 0.2) is 0 Å². The molecule has 0 aliphatic heterocycles. The Bertz CT molecular complexity index is 1440. The molecule has 1 N–H and O–H groups in total. The molecule has 41 heavy (non-hydrogen) atoms. The zero-order chi connectivity index (χ0) is 30.4. The van der Waals surface area contributed by atoms with E-state index in [9.17, 15) is 18.0 Å². The van der Waals surface area contributed by atoms with Crippen LogP contribution in [0.5, 0.6) is 5.75 Å². The van der Waals surface area contributed by atoms with Crippen LogP contribution in [-0.2, 0) is 26.2 Å². The van der Waals surface area contributed by atoms with E-state index in [1.54, 1.807) is 67.6 Å². The molecule has 11 heteroatoms. The Balaban J connectivity index is 2.03. The van der Waals surface area contributed by atoms with E-state index < -0.39 is 34.1 Å². The summed E-state index contributed by atoms with van der Waals surface area (Å²) in [6.07, 6.45) is 0. The second kappa shape index (κ2) is 13.7. The first kappa shape index (κ1) is 32.4. The summed E-state index contributed by atoms with van der Waals surface area (Å²) in [4.78, 5) is 28.6. The summed E-state index contributed by atoms with van der Waals surface area (Å²) in [7, 11) is -4.17. The van der Waals surface area contributed by atoms with Crippen LogP contribution in [0.15, 0.2) is 82.2 Å². The molecule has 1 atom stereocenters. The summed E-state index contributed by atoms with van der Waals surface area (Å²) in [5.41, 5.74) is 0.490. The molecule has 0 spiro atoms. The van der Waals surface area contributed by atoms with Gasteiger partial charge in [-0.15, -0.1) is 0 Å². The highest BCUT2D eigenvalue weighted by molar-refractivity contribution is 9.10. The average molecular weight is 665 g/mol. The molecule has 0 heterocycles. The number of carbonyl (C=O) groups is 2. The second-order valence-electron chi connectivity index (χ2n) is 10.5. The number of amides is 2. The van der Waals surface area contributed by atoms with Gasteiger partial charge >= 0.3 is 0 Å². The Morgan fingerprint density at radius 2 is 1.56 bits per heavy atom. The number of nitrogens with zero attached hydrogens (tertiary/aromatic N) is 2. The second-order valence-corrected chi connectivity index (χ2v) is 13.7. The number of sulfonamides is 1. The number of halogens is 2. The van der Waals surface area contributed by atoms with Crippen LogP contribution in [0.25, 0.3) is 0 Å². The van der Waals surface area contributed by atoms with Gasteiger partial charge in [-0.1, -0.05) is 39.7 Å². The number of carbonyl (C=O) groups excluding carboxylic acids is 2. The van der Waals surface area contributed by atoms with Gasteiger partial charge in [0.1, 0.15) is 18.3 Å². The van der Waals surface area contributed by atoms with Gasteiger partial charge in [-0.05, 0) is 101 Å². The molecule has 3 rings (SSSR count). The van der Waals surface area contributed by atoms with E-state index in [4.69, 9.17) is 16.3 Å². The van der Waals surface area contributed by atoms with Crippen molar-refractivity contribution in [1.82, 2.24) is 10.2 Å². The Hall–Kier alpha value is -3.08. The lowest BCUT2D eigenvalue weighted by atomic mass is 10.1. The highest BCUT2D eigenvalue weighted by atomic mass is 79.9. The first-order valence-corrected chi connectivity index (χ1v) is 15.7. The minimum absolute atomic E-state index is 0.0187. The summed E-state index contributed by atoms with van der Waals surface area (Å²) < 4.78 is 35.1. The topological polar surface area (TPSA) is 96.0 Å². The van der Waals surface area contributed by atoms with Gasteiger partial charge in [-0.3, -0.25) is 13.9 Å². The third kappa shape index (κ3) is 8.95. The van der Waals surface area contributed by atoms with Crippen LogP contribution < -0.4 is 14.4 Å². The predicted octanol–water partition coefficient (Wildman–Crippen LogP) is 6.03. The van der Waals surface area contributed by atoms with Crippen LogP contribution in [-0.4, -0.2) is 49.9 Å². The van der Waals surface area contributed by atoms with Crippen LogP contribution in [0.1, 0.15) is 40.2 Å². The SMILES string of the molecule is CCOc1ccc(N(CC(=O)N(Cc2ccc(Cl)cc2)[C@H](C)C(=O)NC(C)(C)C)S(=O)(=O)c2ccc(Br)cc2)cc1. The van der Waals surface area contributed by atoms with Gasteiger partial charge in [-0.2, -0.15) is 0 Å². The van der Waals surface area contributed by atoms with E-state index in [-0.39, 0.29) is 23.0 Å². The van der Waals surface area contributed by atoms with Crippen molar-refractivity contribution in [2.24, 2.45) is 0 Å². The minimum Gasteiger partial charge on any atom is -0.494 e. The third-order valence-corrected chi connectivity index (χ3v) is 8.62. The van der Waals surface area contributed by atoms with Gasteiger partial charge < -0.3 is 15.0 Å². The normalized spacial score (nSPS) is 12.4. The van der Waals surface area contributed by atoms with E-state index in [1.807, 2.05) is 27.7 Å². The zero-order valence-electron chi connectivity index (χ0n) is 23.7. The molecule has 3 aromatic rings. The Morgan fingerprint density at radius 1 is 0.976 bits per heavy atom. The molecule has 0 aromatic heterocycles. The lowest BCUT2D eigenvalue weighted by Gasteiger charge is -2.33. The highest BCUT2D eigenvalue weighted by Crippen LogP contribution is 2.27. The molecule has 220 valence electrons. The van der Waals surface area contributed by atoms with E-state index in [2.05, 4.69) is 21.2 Å². The Kier molecular flexibility index (Phi) is 10.9. The number of rotatable bonds is 11. The molecule has 0 aliphatic rings. The Morgan fingerprint density at radius 3 is 2.10 bits per heavy atom. The van der Waals surface area contributed by atoms with Crippen LogP contribution in [0.3, 0.4) is 0 Å². The molecule has 0 bridgehead atoms. The molecule has 8 nitrogen and oxygen atoms in total. The van der Waals surface area contributed by atoms with E-state index in [0.29, 0.717) is 21.9 Å². The van der Waals surface area contributed by atoms with Crippen LogP contribution in [0, 0.1) is 0 Å². The maximum atomic E-state index is 14.0. The number of ether oxygens (including phenoxy) is 1. The molecular weight excluding hydrogens is 630 g/mol. The number of hydrogen-bond donors (Lipinski definition) is 1.